The van der Waals surface area contributed by atoms with Crippen molar-refractivity contribution in [1.29, 1.82) is 0 Å². The molecule has 0 aromatic carbocycles. The summed E-state index contributed by atoms with van der Waals surface area (Å²) in [6.45, 7) is 15.4. The van der Waals surface area contributed by atoms with Crippen LogP contribution in [0.5, 0.6) is 0 Å². The molecule has 15 heavy (non-hydrogen) atoms. The van der Waals surface area contributed by atoms with Gasteiger partial charge in [0.1, 0.15) is 0 Å². The molecule has 0 bridgehead atoms. The average Bonchev–Trinajstić information content (AvgIpc) is 2.24. The van der Waals surface area contributed by atoms with Crippen LogP contribution in [-0.2, 0) is 0 Å². The van der Waals surface area contributed by atoms with E-state index in [0.29, 0.717) is 11.0 Å². The van der Waals surface area contributed by atoms with Gasteiger partial charge in [-0.1, -0.05) is 20.8 Å². The molecule has 1 aliphatic rings. The zero-order chi connectivity index (χ0) is 11.7. The molecule has 0 radical (unpaired) electrons. The highest BCUT2D eigenvalue weighted by Crippen LogP contribution is 2.34. The molecule has 1 fully saturated rings. The summed E-state index contributed by atoms with van der Waals surface area (Å²) in [7, 11) is 0. The fraction of sp³-hybridized carbons (Fsp3) is 1.00. The van der Waals surface area contributed by atoms with E-state index in [4.69, 9.17) is 0 Å². The predicted octanol–water partition coefficient (Wildman–Crippen LogP) is 3.64. The van der Waals surface area contributed by atoms with Crippen LogP contribution < -0.4 is 0 Å². The first kappa shape index (κ1) is 13.4. The highest BCUT2D eigenvalue weighted by Gasteiger charge is 2.36. The summed E-state index contributed by atoms with van der Waals surface area (Å²) >= 11 is 2.11. The molecule has 0 saturated carbocycles. The van der Waals surface area contributed by atoms with Gasteiger partial charge in [0, 0.05) is 23.9 Å². The predicted molar refractivity (Wildman–Crippen MR) is 71.6 cm³/mol. The van der Waals surface area contributed by atoms with E-state index in [1.807, 2.05) is 0 Å². The van der Waals surface area contributed by atoms with Crippen LogP contribution in [0, 0.1) is 5.41 Å². The van der Waals surface area contributed by atoms with Crippen molar-refractivity contribution in [2.75, 3.05) is 18.1 Å². The molecule has 2 heteroatoms. The van der Waals surface area contributed by atoms with E-state index >= 15 is 0 Å². The van der Waals surface area contributed by atoms with Gasteiger partial charge in [0.15, 0.2) is 0 Å². The Morgan fingerprint density at radius 2 is 1.60 bits per heavy atom. The molecule has 0 unspecified atom stereocenters. The monoisotopic (exact) mass is 229 g/mol. The molecule has 1 heterocycles. The normalized spacial score (nSPS) is 26.4. The third-order valence-corrected chi connectivity index (χ3v) is 4.25. The van der Waals surface area contributed by atoms with Gasteiger partial charge in [0.25, 0.3) is 0 Å². The summed E-state index contributed by atoms with van der Waals surface area (Å²) in [6.07, 6.45) is 1.34. The first-order chi connectivity index (χ1) is 6.73. The highest BCUT2D eigenvalue weighted by molar-refractivity contribution is 7.99. The lowest BCUT2D eigenvalue weighted by Gasteiger charge is -2.46. The Kier molecular flexibility index (Phi) is 4.16. The van der Waals surface area contributed by atoms with Crippen molar-refractivity contribution in [3.8, 4) is 0 Å². The second-order valence-corrected chi connectivity index (χ2v) is 7.87. The average molecular weight is 229 g/mol. The Bertz CT molecular complexity index is 178. The van der Waals surface area contributed by atoms with E-state index < -0.39 is 0 Å². The zero-order valence-corrected chi connectivity index (χ0v) is 12.1. The van der Waals surface area contributed by atoms with Gasteiger partial charge < -0.3 is 0 Å². The Morgan fingerprint density at radius 1 is 1.00 bits per heavy atom. The Hall–Kier alpha value is 0.310. The maximum Gasteiger partial charge on any atom is 0.0157 e. The lowest BCUT2D eigenvalue weighted by molar-refractivity contribution is 0.0283. The van der Waals surface area contributed by atoms with Crippen LogP contribution in [0.1, 0.15) is 48.0 Å². The lowest BCUT2D eigenvalue weighted by Crippen LogP contribution is -2.53. The number of hydrogen-bond donors (Lipinski definition) is 0. The molecular formula is C13H27NS. The fourth-order valence-corrected chi connectivity index (χ4v) is 3.39. The van der Waals surface area contributed by atoms with Crippen LogP contribution in [0.25, 0.3) is 0 Å². The van der Waals surface area contributed by atoms with Crippen LogP contribution in [0.2, 0.25) is 0 Å². The molecule has 0 amide bonds. The molecule has 1 nitrogen and oxygen atoms in total. The largest absolute Gasteiger partial charge is 0.294 e. The molecule has 1 saturated heterocycles. The Morgan fingerprint density at radius 3 is 2.07 bits per heavy atom. The van der Waals surface area contributed by atoms with Crippen molar-refractivity contribution >= 4 is 11.8 Å². The van der Waals surface area contributed by atoms with Crippen LogP contribution in [0.3, 0.4) is 0 Å². The van der Waals surface area contributed by atoms with Gasteiger partial charge in [-0.3, -0.25) is 4.90 Å². The van der Waals surface area contributed by atoms with Crippen molar-refractivity contribution in [3.63, 3.8) is 0 Å². The van der Waals surface area contributed by atoms with Crippen molar-refractivity contribution in [3.05, 3.63) is 0 Å². The Labute approximate surface area is 100.0 Å². The number of rotatable bonds is 0. The molecule has 90 valence electrons. The SMILES string of the molecule is CC(C)(C)[C@@H]1CCSCCN1C(C)(C)C. The van der Waals surface area contributed by atoms with E-state index in [9.17, 15) is 0 Å². The second-order valence-electron chi connectivity index (χ2n) is 6.65. The summed E-state index contributed by atoms with van der Waals surface area (Å²) in [5.74, 6) is 2.62. The van der Waals surface area contributed by atoms with Gasteiger partial charge in [-0.05, 0) is 38.4 Å². The molecule has 1 rings (SSSR count). The van der Waals surface area contributed by atoms with Gasteiger partial charge in [-0.2, -0.15) is 11.8 Å². The molecular weight excluding hydrogens is 202 g/mol. The third kappa shape index (κ3) is 3.67. The second kappa shape index (κ2) is 4.67. The fourth-order valence-electron chi connectivity index (χ4n) is 2.48. The molecule has 0 aromatic rings. The topological polar surface area (TPSA) is 3.24 Å². The zero-order valence-electron chi connectivity index (χ0n) is 11.3. The van der Waals surface area contributed by atoms with Crippen molar-refractivity contribution < 1.29 is 0 Å². The van der Waals surface area contributed by atoms with E-state index in [1.54, 1.807) is 0 Å². The van der Waals surface area contributed by atoms with Crippen LogP contribution in [0.15, 0.2) is 0 Å². The molecule has 0 aromatic heterocycles. The summed E-state index contributed by atoms with van der Waals surface area (Å²) in [6, 6.07) is 0.729. The first-order valence-electron chi connectivity index (χ1n) is 6.07. The van der Waals surface area contributed by atoms with Gasteiger partial charge >= 0.3 is 0 Å². The Balaban J connectivity index is 2.86. The van der Waals surface area contributed by atoms with Crippen LogP contribution in [-0.4, -0.2) is 34.5 Å². The van der Waals surface area contributed by atoms with Crippen LogP contribution in [0.4, 0.5) is 0 Å². The van der Waals surface area contributed by atoms with Gasteiger partial charge in [0.2, 0.25) is 0 Å². The molecule has 0 spiro atoms. The summed E-state index contributed by atoms with van der Waals surface area (Å²) in [5.41, 5.74) is 0.709. The smallest absolute Gasteiger partial charge is 0.0157 e. The number of thioether (sulfide) groups is 1. The van der Waals surface area contributed by atoms with E-state index in [1.165, 1.54) is 24.5 Å². The molecule has 0 aliphatic carbocycles. The summed E-state index contributed by atoms with van der Waals surface area (Å²) in [5, 5.41) is 0. The summed E-state index contributed by atoms with van der Waals surface area (Å²) in [4.78, 5) is 2.72. The minimum atomic E-state index is 0.308. The maximum atomic E-state index is 2.72. The van der Waals surface area contributed by atoms with E-state index in [2.05, 4.69) is 58.2 Å². The van der Waals surface area contributed by atoms with E-state index in [0.717, 1.165) is 6.04 Å². The lowest BCUT2D eigenvalue weighted by atomic mass is 9.82. The summed E-state index contributed by atoms with van der Waals surface area (Å²) < 4.78 is 0. The van der Waals surface area contributed by atoms with Crippen molar-refractivity contribution in [2.45, 2.75) is 59.5 Å². The quantitative estimate of drug-likeness (QED) is 0.624. The van der Waals surface area contributed by atoms with Gasteiger partial charge in [-0.15, -0.1) is 0 Å². The number of hydrogen-bond acceptors (Lipinski definition) is 2. The molecule has 1 aliphatic heterocycles. The first-order valence-corrected chi connectivity index (χ1v) is 7.23. The van der Waals surface area contributed by atoms with Crippen molar-refractivity contribution in [2.24, 2.45) is 5.41 Å². The molecule has 0 N–H and O–H groups in total. The minimum Gasteiger partial charge on any atom is -0.294 e. The minimum absolute atomic E-state index is 0.308. The standard InChI is InChI=1S/C13H27NS/c1-12(2,3)11-7-9-15-10-8-14(11)13(4,5)6/h11H,7-10H2,1-6H3/t11-/m0/s1. The highest BCUT2D eigenvalue weighted by atomic mass is 32.2. The van der Waals surface area contributed by atoms with E-state index in [-0.39, 0.29) is 0 Å². The number of nitrogens with zero attached hydrogens (tertiary/aromatic N) is 1. The molecule has 1 atom stereocenters. The van der Waals surface area contributed by atoms with Crippen molar-refractivity contribution in [1.82, 2.24) is 4.90 Å². The third-order valence-electron chi connectivity index (χ3n) is 3.25. The van der Waals surface area contributed by atoms with Gasteiger partial charge in [0.05, 0.1) is 0 Å². The van der Waals surface area contributed by atoms with Crippen LogP contribution >= 0.6 is 11.8 Å². The van der Waals surface area contributed by atoms with Gasteiger partial charge in [-0.25, -0.2) is 0 Å². The maximum absolute atomic E-state index is 2.72.